The van der Waals surface area contributed by atoms with Crippen LogP contribution in [0.1, 0.15) is 44.6 Å². The SMILES string of the molecule is CC1CCC(C(=O)C2CSc3ccccc32)CC1C. The number of rotatable bonds is 2. The molecule has 4 atom stereocenters. The van der Waals surface area contributed by atoms with Crippen molar-refractivity contribution in [3.05, 3.63) is 29.8 Å². The normalized spacial score (nSPS) is 34.0. The fourth-order valence-corrected chi connectivity index (χ4v) is 4.73. The van der Waals surface area contributed by atoms with E-state index in [0.29, 0.717) is 17.6 Å². The first-order chi connectivity index (χ1) is 9.16. The molecule has 1 heterocycles. The average Bonchev–Trinajstić information content (AvgIpc) is 2.85. The Kier molecular flexibility index (Phi) is 3.70. The van der Waals surface area contributed by atoms with Crippen LogP contribution in [0.5, 0.6) is 0 Å². The molecular formula is C17H22OS. The first-order valence-electron chi connectivity index (χ1n) is 7.42. The zero-order chi connectivity index (χ0) is 13.4. The second-order valence-electron chi connectivity index (χ2n) is 6.27. The molecule has 0 N–H and O–H groups in total. The number of carbonyl (C=O) groups is 1. The van der Waals surface area contributed by atoms with Crippen LogP contribution in [-0.2, 0) is 4.79 Å². The van der Waals surface area contributed by atoms with Crippen molar-refractivity contribution >= 4 is 17.5 Å². The summed E-state index contributed by atoms with van der Waals surface area (Å²) in [7, 11) is 0. The van der Waals surface area contributed by atoms with Gasteiger partial charge in [-0.05, 0) is 42.7 Å². The molecule has 1 fully saturated rings. The van der Waals surface area contributed by atoms with E-state index < -0.39 is 0 Å². The molecule has 1 saturated carbocycles. The Morgan fingerprint density at radius 1 is 1.16 bits per heavy atom. The average molecular weight is 274 g/mol. The summed E-state index contributed by atoms with van der Waals surface area (Å²) in [6, 6.07) is 8.44. The number of benzene rings is 1. The molecule has 1 aliphatic heterocycles. The number of hydrogen-bond donors (Lipinski definition) is 0. The minimum absolute atomic E-state index is 0.159. The van der Waals surface area contributed by atoms with Crippen LogP contribution in [0.25, 0.3) is 0 Å². The molecule has 1 nitrogen and oxygen atoms in total. The third-order valence-corrected chi connectivity index (χ3v) is 6.23. The number of hydrogen-bond acceptors (Lipinski definition) is 2. The summed E-state index contributed by atoms with van der Waals surface area (Å²) < 4.78 is 0. The highest BCUT2D eigenvalue weighted by Crippen LogP contribution is 2.43. The molecular weight excluding hydrogens is 252 g/mol. The van der Waals surface area contributed by atoms with E-state index in [0.717, 1.165) is 24.5 Å². The van der Waals surface area contributed by atoms with Gasteiger partial charge in [-0.25, -0.2) is 0 Å². The molecule has 1 aromatic carbocycles. The van der Waals surface area contributed by atoms with E-state index in [1.165, 1.54) is 16.9 Å². The molecule has 2 heteroatoms. The van der Waals surface area contributed by atoms with Gasteiger partial charge in [0.05, 0.1) is 5.92 Å². The number of carbonyl (C=O) groups excluding carboxylic acids is 1. The predicted octanol–water partition coefficient (Wildman–Crippen LogP) is 4.52. The minimum Gasteiger partial charge on any atom is -0.299 e. The smallest absolute Gasteiger partial charge is 0.144 e. The fraction of sp³-hybridized carbons (Fsp3) is 0.588. The zero-order valence-electron chi connectivity index (χ0n) is 11.8. The van der Waals surface area contributed by atoms with Gasteiger partial charge in [0, 0.05) is 16.6 Å². The second-order valence-corrected chi connectivity index (χ2v) is 7.33. The first-order valence-corrected chi connectivity index (χ1v) is 8.41. The van der Waals surface area contributed by atoms with E-state index in [-0.39, 0.29) is 5.92 Å². The summed E-state index contributed by atoms with van der Waals surface area (Å²) in [5, 5.41) is 0. The number of fused-ring (bicyclic) bond motifs is 1. The van der Waals surface area contributed by atoms with Crippen LogP contribution in [0.2, 0.25) is 0 Å². The quantitative estimate of drug-likeness (QED) is 0.789. The molecule has 0 spiro atoms. The maximum absolute atomic E-state index is 12.8. The summed E-state index contributed by atoms with van der Waals surface area (Å²) in [5.41, 5.74) is 1.28. The molecule has 102 valence electrons. The third kappa shape index (κ3) is 2.47. The van der Waals surface area contributed by atoms with Gasteiger partial charge in [0.1, 0.15) is 5.78 Å². The van der Waals surface area contributed by atoms with Crippen molar-refractivity contribution in [1.29, 1.82) is 0 Å². The second kappa shape index (κ2) is 5.32. The highest BCUT2D eigenvalue weighted by Gasteiger charge is 2.36. The highest BCUT2D eigenvalue weighted by atomic mass is 32.2. The topological polar surface area (TPSA) is 17.1 Å². The molecule has 2 aliphatic rings. The maximum Gasteiger partial charge on any atom is 0.144 e. The van der Waals surface area contributed by atoms with Gasteiger partial charge in [-0.1, -0.05) is 32.0 Å². The summed E-state index contributed by atoms with van der Waals surface area (Å²) in [6.07, 6.45) is 3.43. The fourth-order valence-electron chi connectivity index (χ4n) is 3.49. The highest BCUT2D eigenvalue weighted by molar-refractivity contribution is 7.99. The van der Waals surface area contributed by atoms with Crippen molar-refractivity contribution in [3.63, 3.8) is 0 Å². The lowest BCUT2D eigenvalue weighted by molar-refractivity contribution is -0.125. The van der Waals surface area contributed by atoms with Gasteiger partial charge >= 0.3 is 0 Å². The first kappa shape index (κ1) is 13.2. The van der Waals surface area contributed by atoms with Gasteiger partial charge in [0.2, 0.25) is 0 Å². The molecule has 0 bridgehead atoms. The van der Waals surface area contributed by atoms with E-state index in [1.54, 1.807) is 0 Å². The van der Waals surface area contributed by atoms with Gasteiger partial charge in [-0.3, -0.25) is 4.79 Å². The van der Waals surface area contributed by atoms with Gasteiger partial charge < -0.3 is 0 Å². The summed E-state index contributed by atoms with van der Waals surface area (Å²) in [5.74, 6) is 3.42. The Morgan fingerprint density at radius 3 is 2.74 bits per heavy atom. The Labute approximate surface area is 120 Å². The minimum atomic E-state index is 0.159. The van der Waals surface area contributed by atoms with Gasteiger partial charge in [0.25, 0.3) is 0 Å². The molecule has 0 amide bonds. The Morgan fingerprint density at radius 2 is 1.95 bits per heavy atom. The predicted molar refractivity (Wildman–Crippen MR) is 80.6 cm³/mol. The van der Waals surface area contributed by atoms with Crippen molar-refractivity contribution in [1.82, 2.24) is 0 Å². The summed E-state index contributed by atoms with van der Waals surface area (Å²) in [6.45, 7) is 4.63. The number of Topliss-reactive ketones (excluding diaryl/α,β-unsaturated/α-hetero) is 1. The van der Waals surface area contributed by atoms with Crippen molar-refractivity contribution in [3.8, 4) is 0 Å². The van der Waals surface area contributed by atoms with Crippen LogP contribution < -0.4 is 0 Å². The third-order valence-electron chi connectivity index (χ3n) is 5.04. The lowest BCUT2D eigenvalue weighted by Crippen LogP contribution is -2.29. The van der Waals surface area contributed by atoms with Gasteiger partial charge in [-0.2, -0.15) is 0 Å². The molecule has 3 rings (SSSR count). The molecule has 19 heavy (non-hydrogen) atoms. The zero-order valence-corrected chi connectivity index (χ0v) is 12.6. The van der Waals surface area contributed by atoms with E-state index in [1.807, 2.05) is 11.8 Å². The Balaban J connectivity index is 1.75. The standard InChI is InChI=1S/C17H22OS/c1-11-7-8-13(9-12(11)2)17(18)15-10-19-16-6-4-3-5-14(15)16/h3-6,11-13,15H,7-10H2,1-2H3. The van der Waals surface area contributed by atoms with Crippen molar-refractivity contribution in [2.24, 2.45) is 17.8 Å². The largest absolute Gasteiger partial charge is 0.299 e. The van der Waals surface area contributed by atoms with Crippen LogP contribution in [0.3, 0.4) is 0 Å². The maximum atomic E-state index is 12.8. The lowest BCUT2D eigenvalue weighted by atomic mass is 9.72. The van der Waals surface area contributed by atoms with Gasteiger partial charge in [0.15, 0.2) is 0 Å². The number of ketones is 1. The van der Waals surface area contributed by atoms with Crippen molar-refractivity contribution in [2.75, 3.05) is 5.75 Å². The Bertz CT molecular complexity index is 482. The van der Waals surface area contributed by atoms with Crippen LogP contribution in [0, 0.1) is 17.8 Å². The van der Waals surface area contributed by atoms with Crippen LogP contribution >= 0.6 is 11.8 Å². The van der Waals surface area contributed by atoms with E-state index in [9.17, 15) is 4.79 Å². The van der Waals surface area contributed by atoms with Crippen LogP contribution in [-0.4, -0.2) is 11.5 Å². The summed E-state index contributed by atoms with van der Waals surface area (Å²) in [4.78, 5) is 14.1. The van der Waals surface area contributed by atoms with Crippen molar-refractivity contribution in [2.45, 2.75) is 43.9 Å². The van der Waals surface area contributed by atoms with Gasteiger partial charge in [-0.15, -0.1) is 11.8 Å². The van der Waals surface area contributed by atoms with Crippen molar-refractivity contribution < 1.29 is 4.79 Å². The van der Waals surface area contributed by atoms with Crippen LogP contribution in [0.4, 0.5) is 0 Å². The number of thioether (sulfide) groups is 1. The van der Waals surface area contributed by atoms with Crippen LogP contribution in [0.15, 0.2) is 29.2 Å². The van der Waals surface area contributed by atoms with E-state index >= 15 is 0 Å². The monoisotopic (exact) mass is 274 g/mol. The Hall–Kier alpha value is -0.760. The molecule has 0 radical (unpaired) electrons. The summed E-state index contributed by atoms with van der Waals surface area (Å²) >= 11 is 1.85. The van der Waals surface area contributed by atoms with E-state index in [2.05, 4.69) is 38.1 Å². The molecule has 0 aromatic heterocycles. The molecule has 4 unspecified atom stereocenters. The van der Waals surface area contributed by atoms with E-state index in [4.69, 9.17) is 0 Å². The molecule has 1 aliphatic carbocycles. The molecule has 0 saturated heterocycles. The lowest BCUT2D eigenvalue weighted by Gasteiger charge is -2.32. The molecule has 1 aromatic rings.